The Kier molecular flexibility index (Phi) is 2.44. The molecular formula is C9H6Cl2N2O. The molecule has 0 saturated carbocycles. The lowest BCUT2D eigenvalue weighted by atomic mass is 10.2. The first-order valence-electron chi connectivity index (χ1n) is 3.86. The summed E-state index contributed by atoms with van der Waals surface area (Å²) in [6.45, 7) is 0. The van der Waals surface area contributed by atoms with Crippen molar-refractivity contribution in [1.82, 2.24) is 9.97 Å². The second kappa shape index (κ2) is 3.59. The van der Waals surface area contributed by atoms with Gasteiger partial charge in [0.25, 0.3) is 0 Å². The predicted octanol–water partition coefficient (Wildman–Crippen LogP) is 2.95. The van der Waals surface area contributed by atoms with Crippen LogP contribution in [-0.4, -0.2) is 17.1 Å². The van der Waals surface area contributed by atoms with Gasteiger partial charge in [0.1, 0.15) is 17.2 Å². The molecule has 0 radical (unpaired) electrons. The Morgan fingerprint density at radius 1 is 1.21 bits per heavy atom. The van der Waals surface area contributed by atoms with Crippen LogP contribution in [-0.2, 0) is 0 Å². The van der Waals surface area contributed by atoms with Gasteiger partial charge in [-0.05, 0) is 12.1 Å². The Labute approximate surface area is 90.6 Å². The van der Waals surface area contributed by atoms with E-state index in [0.717, 1.165) is 5.39 Å². The highest BCUT2D eigenvalue weighted by Gasteiger charge is 2.06. The zero-order valence-corrected chi connectivity index (χ0v) is 8.80. The van der Waals surface area contributed by atoms with Crippen molar-refractivity contribution in [2.45, 2.75) is 0 Å². The topological polar surface area (TPSA) is 35.0 Å². The average Bonchev–Trinajstić information content (AvgIpc) is 2.17. The van der Waals surface area contributed by atoms with Crippen molar-refractivity contribution >= 4 is 34.1 Å². The van der Waals surface area contributed by atoms with Crippen molar-refractivity contribution in [1.29, 1.82) is 0 Å². The minimum absolute atomic E-state index is 0.393. The molecule has 2 rings (SSSR count). The molecule has 0 bridgehead atoms. The lowest BCUT2D eigenvalue weighted by molar-refractivity contribution is 0.415. The molecular weight excluding hydrogens is 223 g/mol. The number of fused-ring (bicyclic) bond motifs is 1. The van der Waals surface area contributed by atoms with E-state index in [9.17, 15) is 0 Å². The van der Waals surface area contributed by atoms with Crippen LogP contribution in [0.1, 0.15) is 0 Å². The normalized spacial score (nSPS) is 10.5. The van der Waals surface area contributed by atoms with Gasteiger partial charge in [0.15, 0.2) is 0 Å². The second-order valence-corrected chi connectivity index (χ2v) is 3.43. The van der Waals surface area contributed by atoms with Crippen LogP contribution in [0.3, 0.4) is 0 Å². The number of ether oxygens (including phenoxy) is 1. The molecule has 1 heterocycles. The molecule has 0 N–H and O–H groups in total. The molecule has 0 aliphatic carbocycles. The maximum absolute atomic E-state index is 5.93. The van der Waals surface area contributed by atoms with Gasteiger partial charge >= 0.3 is 0 Å². The number of nitrogens with zero attached hydrogens (tertiary/aromatic N) is 2. The number of methoxy groups -OCH3 is 1. The number of rotatable bonds is 1. The standard InChI is InChI=1S/C9H6Cl2N2O/c1-14-8-2-5-7(3-6(8)10)12-4-13-9(5)11/h2-4H,1H3. The summed E-state index contributed by atoms with van der Waals surface area (Å²) in [6.07, 6.45) is 1.40. The Hall–Kier alpha value is -1.06. The zero-order valence-electron chi connectivity index (χ0n) is 7.29. The van der Waals surface area contributed by atoms with Crippen LogP contribution >= 0.6 is 23.2 Å². The highest BCUT2D eigenvalue weighted by Crippen LogP contribution is 2.31. The fourth-order valence-corrected chi connectivity index (χ4v) is 1.61. The van der Waals surface area contributed by atoms with Gasteiger partial charge < -0.3 is 4.74 Å². The quantitative estimate of drug-likeness (QED) is 0.705. The second-order valence-electron chi connectivity index (χ2n) is 2.67. The van der Waals surface area contributed by atoms with Gasteiger partial charge in [-0.1, -0.05) is 23.2 Å². The maximum Gasteiger partial charge on any atom is 0.140 e. The van der Waals surface area contributed by atoms with Crippen LogP contribution in [0.25, 0.3) is 10.9 Å². The van der Waals surface area contributed by atoms with Crippen LogP contribution in [0.5, 0.6) is 5.75 Å². The van der Waals surface area contributed by atoms with Gasteiger partial charge in [-0.3, -0.25) is 0 Å². The zero-order chi connectivity index (χ0) is 10.1. The molecule has 0 fully saturated rings. The summed E-state index contributed by atoms with van der Waals surface area (Å²) in [5, 5.41) is 1.63. The molecule has 0 unspecified atom stereocenters. The van der Waals surface area contributed by atoms with Crippen LogP contribution in [0.4, 0.5) is 0 Å². The average molecular weight is 229 g/mol. The van der Waals surface area contributed by atoms with E-state index in [1.54, 1.807) is 19.2 Å². The summed E-state index contributed by atoms with van der Waals surface area (Å²) in [6, 6.07) is 3.42. The smallest absolute Gasteiger partial charge is 0.140 e. The first-order chi connectivity index (χ1) is 6.72. The molecule has 14 heavy (non-hydrogen) atoms. The highest BCUT2D eigenvalue weighted by molar-refractivity contribution is 6.35. The lowest BCUT2D eigenvalue weighted by Gasteiger charge is -2.04. The molecule has 0 saturated heterocycles. The van der Waals surface area contributed by atoms with Crippen molar-refractivity contribution in [3.8, 4) is 5.75 Å². The molecule has 1 aromatic carbocycles. The number of benzene rings is 1. The molecule has 1 aromatic heterocycles. The molecule has 0 amide bonds. The van der Waals surface area contributed by atoms with Gasteiger partial charge in [0.2, 0.25) is 0 Å². The maximum atomic E-state index is 5.93. The summed E-state index contributed by atoms with van der Waals surface area (Å²) in [5.41, 5.74) is 0.704. The van der Waals surface area contributed by atoms with Crippen molar-refractivity contribution in [2.75, 3.05) is 7.11 Å². The van der Waals surface area contributed by atoms with Crippen LogP contribution in [0, 0.1) is 0 Å². The third-order valence-electron chi connectivity index (χ3n) is 1.86. The van der Waals surface area contributed by atoms with Crippen LogP contribution in [0.2, 0.25) is 10.2 Å². The van der Waals surface area contributed by atoms with Crippen molar-refractivity contribution < 1.29 is 4.74 Å². The van der Waals surface area contributed by atoms with Crippen LogP contribution < -0.4 is 4.74 Å². The van der Waals surface area contributed by atoms with E-state index >= 15 is 0 Å². The molecule has 0 aliphatic heterocycles. The Balaban J connectivity index is 2.80. The number of hydrogen-bond acceptors (Lipinski definition) is 3. The predicted molar refractivity (Wildman–Crippen MR) is 56.1 cm³/mol. The molecule has 5 heteroatoms. The van der Waals surface area contributed by atoms with Gasteiger partial charge in [-0.25, -0.2) is 9.97 Å². The fourth-order valence-electron chi connectivity index (χ4n) is 1.18. The molecule has 0 aliphatic rings. The van der Waals surface area contributed by atoms with E-state index in [0.29, 0.717) is 21.4 Å². The van der Waals surface area contributed by atoms with Crippen LogP contribution in [0.15, 0.2) is 18.5 Å². The van der Waals surface area contributed by atoms with Gasteiger partial charge in [-0.2, -0.15) is 0 Å². The summed E-state index contributed by atoms with van der Waals surface area (Å²) >= 11 is 11.8. The minimum atomic E-state index is 0.393. The molecule has 0 spiro atoms. The van der Waals surface area contributed by atoms with E-state index in [4.69, 9.17) is 27.9 Å². The largest absolute Gasteiger partial charge is 0.495 e. The Bertz CT molecular complexity index is 487. The Morgan fingerprint density at radius 3 is 2.71 bits per heavy atom. The number of aromatic nitrogens is 2. The van der Waals surface area contributed by atoms with E-state index in [1.165, 1.54) is 6.33 Å². The van der Waals surface area contributed by atoms with E-state index in [1.807, 2.05) is 0 Å². The van der Waals surface area contributed by atoms with Gasteiger partial charge in [-0.15, -0.1) is 0 Å². The van der Waals surface area contributed by atoms with E-state index in [2.05, 4.69) is 9.97 Å². The number of halogens is 2. The summed E-state index contributed by atoms with van der Waals surface area (Å²) in [4.78, 5) is 7.91. The fraction of sp³-hybridized carbons (Fsp3) is 0.111. The molecule has 0 atom stereocenters. The summed E-state index contributed by atoms with van der Waals surface area (Å²) in [5.74, 6) is 0.566. The van der Waals surface area contributed by atoms with Crippen molar-refractivity contribution in [3.05, 3.63) is 28.6 Å². The first kappa shape index (κ1) is 9.49. The third-order valence-corrected chi connectivity index (χ3v) is 2.46. The molecule has 72 valence electrons. The minimum Gasteiger partial charge on any atom is -0.495 e. The lowest BCUT2D eigenvalue weighted by Crippen LogP contribution is -1.88. The van der Waals surface area contributed by atoms with Crippen molar-refractivity contribution in [3.63, 3.8) is 0 Å². The van der Waals surface area contributed by atoms with Crippen molar-refractivity contribution in [2.24, 2.45) is 0 Å². The summed E-state index contributed by atoms with van der Waals surface area (Å²) in [7, 11) is 1.55. The highest BCUT2D eigenvalue weighted by atomic mass is 35.5. The Morgan fingerprint density at radius 2 is 2.00 bits per heavy atom. The van der Waals surface area contributed by atoms with Gasteiger partial charge in [0.05, 0.1) is 17.6 Å². The van der Waals surface area contributed by atoms with Gasteiger partial charge in [0, 0.05) is 5.39 Å². The number of hydrogen-bond donors (Lipinski definition) is 0. The first-order valence-corrected chi connectivity index (χ1v) is 4.61. The summed E-state index contributed by atoms with van der Waals surface area (Å²) < 4.78 is 5.06. The molecule has 3 nitrogen and oxygen atoms in total. The monoisotopic (exact) mass is 228 g/mol. The SMILES string of the molecule is COc1cc2c(Cl)ncnc2cc1Cl. The third kappa shape index (κ3) is 1.49. The van der Waals surface area contributed by atoms with E-state index in [-0.39, 0.29) is 0 Å². The molecule has 2 aromatic rings. The van der Waals surface area contributed by atoms with E-state index < -0.39 is 0 Å².